The van der Waals surface area contributed by atoms with Gasteiger partial charge in [0.05, 0.1) is 6.61 Å². The topological polar surface area (TPSA) is 41.6 Å². The van der Waals surface area contributed by atoms with Gasteiger partial charge in [0, 0.05) is 13.1 Å². The normalized spacial score (nSPS) is 18.6. The summed E-state index contributed by atoms with van der Waals surface area (Å²) in [5, 5.41) is 3.37. The summed E-state index contributed by atoms with van der Waals surface area (Å²) >= 11 is 0. The highest BCUT2D eigenvalue weighted by molar-refractivity contribution is 5.80. The van der Waals surface area contributed by atoms with Crippen LogP contribution in [0.2, 0.25) is 0 Å². The minimum atomic E-state index is -0.556. The molecule has 1 atom stereocenters. The van der Waals surface area contributed by atoms with Crippen LogP contribution in [0.25, 0.3) is 0 Å². The van der Waals surface area contributed by atoms with Crippen LogP contribution in [0, 0.1) is 5.92 Å². The van der Waals surface area contributed by atoms with Gasteiger partial charge in [0.25, 0.3) is 0 Å². The zero-order valence-corrected chi connectivity index (χ0v) is 13.7. The van der Waals surface area contributed by atoms with Crippen molar-refractivity contribution in [2.24, 2.45) is 5.92 Å². The minimum Gasteiger partial charge on any atom is -0.465 e. The predicted octanol–water partition coefficient (Wildman–Crippen LogP) is 2.43. The van der Waals surface area contributed by atoms with Crippen LogP contribution in [-0.4, -0.2) is 49.7 Å². The van der Waals surface area contributed by atoms with E-state index in [4.69, 9.17) is 4.74 Å². The van der Waals surface area contributed by atoms with E-state index in [1.165, 1.54) is 19.3 Å². The Morgan fingerprint density at radius 3 is 2.60 bits per heavy atom. The Labute approximate surface area is 124 Å². The van der Waals surface area contributed by atoms with Crippen molar-refractivity contribution >= 4 is 5.97 Å². The summed E-state index contributed by atoms with van der Waals surface area (Å²) in [6.45, 7) is 9.33. The first-order valence-electron chi connectivity index (χ1n) is 8.12. The number of ether oxygens (including phenoxy) is 1. The maximum absolute atomic E-state index is 12.2. The van der Waals surface area contributed by atoms with Crippen molar-refractivity contribution in [3.8, 4) is 0 Å². The Bertz CT molecular complexity index is 292. The van der Waals surface area contributed by atoms with Crippen molar-refractivity contribution in [1.29, 1.82) is 0 Å². The third kappa shape index (κ3) is 5.41. The van der Waals surface area contributed by atoms with Crippen LogP contribution in [0.5, 0.6) is 0 Å². The monoisotopic (exact) mass is 284 g/mol. The third-order valence-electron chi connectivity index (χ3n) is 4.28. The average Bonchev–Trinajstić information content (AvgIpc) is 2.38. The molecule has 1 aliphatic carbocycles. The molecule has 1 saturated carbocycles. The largest absolute Gasteiger partial charge is 0.465 e. The molecule has 0 aliphatic heterocycles. The number of nitrogens with zero attached hydrogens (tertiary/aromatic N) is 1. The molecule has 1 unspecified atom stereocenters. The molecule has 0 spiro atoms. The highest BCUT2D eigenvalue weighted by Gasteiger charge is 2.34. The van der Waals surface area contributed by atoms with Gasteiger partial charge in [-0.15, -0.1) is 0 Å². The van der Waals surface area contributed by atoms with Crippen LogP contribution in [-0.2, 0) is 9.53 Å². The smallest absolute Gasteiger partial charge is 0.326 e. The summed E-state index contributed by atoms with van der Waals surface area (Å²) in [5.41, 5.74) is -0.556. The summed E-state index contributed by atoms with van der Waals surface area (Å²) in [5.74, 6) is 0.753. The molecule has 1 N–H and O–H groups in total. The van der Waals surface area contributed by atoms with Crippen molar-refractivity contribution in [2.45, 2.75) is 58.4 Å². The molecule has 4 heteroatoms. The molecular weight excluding hydrogens is 252 g/mol. The molecule has 0 saturated heterocycles. The van der Waals surface area contributed by atoms with Crippen molar-refractivity contribution in [3.05, 3.63) is 0 Å². The molecule has 0 aromatic heterocycles. The fraction of sp³-hybridized carbons (Fsp3) is 0.938. The van der Waals surface area contributed by atoms with Crippen LogP contribution in [0.15, 0.2) is 0 Å². The number of carbonyl (C=O) groups excluding carboxylic acids is 1. The predicted molar refractivity (Wildman–Crippen MR) is 82.8 cm³/mol. The van der Waals surface area contributed by atoms with E-state index >= 15 is 0 Å². The Hall–Kier alpha value is -0.610. The molecule has 0 amide bonds. The highest BCUT2D eigenvalue weighted by atomic mass is 16.5. The summed E-state index contributed by atoms with van der Waals surface area (Å²) in [6.07, 6.45) is 5.94. The van der Waals surface area contributed by atoms with Crippen LogP contribution in [0.1, 0.15) is 52.9 Å². The molecule has 0 bridgehead atoms. The van der Waals surface area contributed by atoms with Gasteiger partial charge in [-0.3, -0.25) is 4.79 Å². The zero-order valence-electron chi connectivity index (χ0n) is 13.7. The Morgan fingerprint density at radius 2 is 2.10 bits per heavy atom. The fourth-order valence-electron chi connectivity index (χ4n) is 2.58. The molecule has 1 aliphatic rings. The van der Waals surface area contributed by atoms with Gasteiger partial charge >= 0.3 is 5.97 Å². The summed E-state index contributed by atoms with van der Waals surface area (Å²) in [4.78, 5) is 14.5. The fourth-order valence-corrected chi connectivity index (χ4v) is 2.58. The van der Waals surface area contributed by atoms with Crippen molar-refractivity contribution in [1.82, 2.24) is 10.2 Å². The minimum absolute atomic E-state index is 0.120. The Balaban J connectivity index is 2.43. The van der Waals surface area contributed by atoms with Crippen LogP contribution in [0.3, 0.4) is 0 Å². The van der Waals surface area contributed by atoms with E-state index in [1.54, 1.807) is 0 Å². The number of esters is 1. The average molecular weight is 284 g/mol. The van der Waals surface area contributed by atoms with Gasteiger partial charge in [-0.25, -0.2) is 0 Å². The SMILES string of the molecule is CCCNC(C)(CCN(C)CC1CCC1)C(=O)OCC. The lowest BCUT2D eigenvalue weighted by Gasteiger charge is -2.33. The maximum Gasteiger partial charge on any atom is 0.326 e. The Morgan fingerprint density at radius 1 is 1.40 bits per heavy atom. The molecule has 1 rings (SSSR count). The van der Waals surface area contributed by atoms with Crippen molar-refractivity contribution in [2.75, 3.05) is 33.3 Å². The van der Waals surface area contributed by atoms with Gasteiger partial charge in [-0.1, -0.05) is 13.3 Å². The second kappa shape index (κ2) is 8.63. The summed E-state index contributed by atoms with van der Waals surface area (Å²) < 4.78 is 5.23. The number of rotatable bonds is 10. The third-order valence-corrected chi connectivity index (χ3v) is 4.28. The second-order valence-electron chi connectivity index (χ2n) is 6.29. The molecule has 0 aromatic carbocycles. The van der Waals surface area contributed by atoms with Crippen LogP contribution >= 0.6 is 0 Å². The lowest BCUT2D eigenvalue weighted by molar-refractivity contribution is -0.151. The van der Waals surface area contributed by atoms with Gasteiger partial charge in [0.2, 0.25) is 0 Å². The highest BCUT2D eigenvalue weighted by Crippen LogP contribution is 2.27. The second-order valence-corrected chi connectivity index (χ2v) is 6.29. The van der Waals surface area contributed by atoms with Crippen LogP contribution in [0.4, 0.5) is 0 Å². The number of carbonyl (C=O) groups is 1. The van der Waals surface area contributed by atoms with E-state index in [-0.39, 0.29) is 5.97 Å². The van der Waals surface area contributed by atoms with E-state index < -0.39 is 5.54 Å². The van der Waals surface area contributed by atoms with E-state index in [0.29, 0.717) is 6.61 Å². The lowest BCUT2D eigenvalue weighted by Crippen LogP contribution is -2.52. The number of nitrogens with one attached hydrogen (secondary N) is 1. The molecule has 0 radical (unpaired) electrons. The molecule has 1 fully saturated rings. The zero-order chi connectivity index (χ0) is 15.0. The van der Waals surface area contributed by atoms with Crippen molar-refractivity contribution in [3.63, 3.8) is 0 Å². The lowest BCUT2D eigenvalue weighted by atomic mass is 9.85. The molecular formula is C16H32N2O2. The number of hydrogen-bond acceptors (Lipinski definition) is 4. The number of hydrogen-bond donors (Lipinski definition) is 1. The molecule has 0 heterocycles. The van der Waals surface area contributed by atoms with E-state index in [9.17, 15) is 4.79 Å². The van der Waals surface area contributed by atoms with Gasteiger partial charge in [0.1, 0.15) is 5.54 Å². The van der Waals surface area contributed by atoms with Crippen molar-refractivity contribution < 1.29 is 9.53 Å². The standard InChI is InChI=1S/C16H32N2O2/c1-5-11-17-16(3,15(19)20-6-2)10-12-18(4)13-14-8-7-9-14/h14,17H,5-13H2,1-4H3. The quantitative estimate of drug-likeness (QED) is 0.626. The van der Waals surface area contributed by atoms with E-state index in [2.05, 4.69) is 24.2 Å². The first-order valence-corrected chi connectivity index (χ1v) is 8.12. The van der Waals surface area contributed by atoms with Crippen LogP contribution < -0.4 is 5.32 Å². The molecule has 0 aromatic rings. The molecule has 118 valence electrons. The van der Waals surface area contributed by atoms with E-state index in [1.807, 2.05) is 13.8 Å². The first-order chi connectivity index (χ1) is 9.51. The first kappa shape index (κ1) is 17.4. The summed E-state index contributed by atoms with van der Waals surface area (Å²) in [7, 11) is 2.16. The molecule has 4 nitrogen and oxygen atoms in total. The summed E-state index contributed by atoms with van der Waals surface area (Å²) in [6, 6.07) is 0. The van der Waals surface area contributed by atoms with Gasteiger partial charge in [-0.2, -0.15) is 0 Å². The van der Waals surface area contributed by atoms with Gasteiger partial charge < -0.3 is 15.0 Å². The van der Waals surface area contributed by atoms with Gasteiger partial charge in [-0.05, 0) is 59.0 Å². The van der Waals surface area contributed by atoms with E-state index in [0.717, 1.165) is 38.4 Å². The maximum atomic E-state index is 12.2. The molecule has 20 heavy (non-hydrogen) atoms. The Kier molecular flexibility index (Phi) is 7.52. The van der Waals surface area contributed by atoms with Gasteiger partial charge in [0.15, 0.2) is 0 Å².